The molecule has 2 saturated heterocycles. The molecule has 0 bridgehead atoms. The molecule has 4 atom stereocenters. The molecule has 1 amide bonds. The van der Waals surface area contributed by atoms with E-state index >= 15 is 0 Å². The SMILES string of the molecule is O=C(C1CC(c2ccccc2)NN1)N1C[C@@H]2CCC[C@@]2(C(=O)O)C1. The quantitative estimate of drug-likeness (QED) is 0.779. The van der Waals surface area contributed by atoms with Crippen LogP contribution in [0.1, 0.15) is 37.3 Å². The van der Waals surface area contributed by atoms with E-state index in [4.69, 9.17) is 0 Å². The van der Waals surface area contributed by atoms with Gasteiger partial charge in [0.2, 0.25) is 5.91 Å². The zero-order chi connectivity index (χ0) is 16.7. The number of rotatable bonds is 3. The summed E-state index contributed by atoms with van der Waals surface area (Å²) in [5, 5.41) is 9.66. The lowest BCUT2D eigenvalue weighted by atomic mass is 9.81. The minimum Gasteiger partial charge on any atom is -0.481 e. The third-order valence-corrected chi connectivity index (χ3v) is 6.01. The number of aliphatic carboxylic acids is 1. The molecule has 3 fully saturated rings. The number of hydrazine groups is 1. The highest BCUT2D eigenvalue weighted by molar-refractivity contribution is 5.85. The first-order valence-corrected chi connectivity index (χ1v) is 8.68. The first-order valence-electron chi connectivity index (χ1n) is 8.68. The number of hydrogen-bond acceptors (Lipinski definition) is 4. The molecule has 6 nitrogen and oxygen atoms in total. The summed E-state index contributed by atoms with van der Waals surface area (Å²) >= 11 is 0. The number of carbonyl (C=O) groups excluding carboxylic acids is 1. The normalized spacial score (nSPS) is 35.2. The van der Waals surface area contributed by atoms with Gasteiger partial charge in [-0.1, -0.05) is 36.8 Å². The third-order valence-electron chi connectivity index (χ3n) is 6.01. The van der Waals surface area contributed by atoms with E-state index in [2.05, 4.69) is 10.9 Å². The maximum Gasteiger partial charge on any atom is 0.311 e. The van der Waals surface area contributed by atoms with E-state index in [0.717, 1.165) is 18.4 Å². The van der Waals surface area contributed by atoms with Crippen molar-refractivity contribution in [2.45, 2.75) is 37.8 Å². The number of fused-ring (bicyclic) bond motifs is 1. The highest BCUT2D eigenvalue weighted by Crippen LogP contribution is 2.49. The van der Waals surface area contributed by atoms with Gasteiger partial charge in [-0.05, 0) is 30.7 Å². The van der Waals surface area contributed by atoms with E-state index < -0.39 is 11.4 Å². The standard InChI is InChI=1S/C18H23N3O3/c22-16(15-9-14(19-20-15)12-5-2-1-3-6-12)21-10-13-7-4-8-18(13,11-21)17(23)24/h1-3,5-6,13-15,19-20H,4,7-11H2,(H,23,24)/t13-,14?,15?,18+/m0/s1. The minimum atomic E-state index is -0.736. The predicted molar refractivity (Wildman–Crippen MR) is 87.8 cm³/mol. The second kappa shape index (κ2) is 5.86. The summed E-state index contributed by atoms with van der Waals surface area (Å²) in [7, 11) is 0. The van der Waals surface area contributed by atoms with Crippen molar-refractivity contribution in [1.82, 2.24) is 15.8 Å². The Morgan fingerprint density at radius 2 is 2.00 bits per heavy atom. The second-order valence-corrected chi connectivity index (χ2v) is 7.31. The minimum absolute atomic E-state index is 0.0240. The van der Waals surface area contributed by atoms with E-state index in [9.17, 15) is 14.7 Å². The van der Waals surface area contributed by atoms with Crippen LogP contribution in [0.2, 0.25) is 0 Å². The van der Waals surface area contributed by atoms with E-state index in [-0.39, 0.29) is 23.9 Å². The number of benzene rings is 1. The Labute approximate surface area is 141 Å². The van der Waals surface area contributed by atoms with Crippen molar-refractivity contribution in [2.75, 3.05) is 13.1 Å². The van der Waals surface area contributed by atoms with Crippen molar-refractivity contribution in [3.05, 3.63) is 35.9 Å². The van der Waals surface area contributed by atoms with Gasteiger partial charge in [0.15, 0.2) is 0 Å². The van der Waals surface area contributed by atoms with Gasteiger partial charge in [0.1, 0.15) is 6.04 Å². The summed E-state index contributed by atoms with van der Waals surface area (Å²) in [6.45, 7) is 0.944. The summed E-state index contributed by atoms with van der Waals surface area (Å²) < 4.78 is 0. The number of carboxylic acids is 1. The fourth-order valence-electron chi connectivity index (χ4n) is 4.65. The first-order chi connectivity index (χ1) is 11.6. The van der Waals surface area contributed by atoms with Crippen LogP contribution >= 0.6 is 0 Å². The van der Waals surface area contributed by atoms with Gasteiger partial charge in [-0.25, -0.2) is 10.9 Å². The van der Waals surface area contributed by atoms with Gasteiger partial charge >= 0.3 is 5.97 Å². The van der Waals surface area contributed by atoms with Crippen molar-refractivity contribution >= 4 is 11.9 Å². The van der Waals surface area contributed by atoms with Gasteiger partial charge in [0.25, 0.3) is 0 Å². The molecule has 6 heteroatoms. The van der Waals surface area contributed by atoms with Crippen LogP contribution in [0.25, 0.3) is 0 Å². The van der Waals surface area contributed by atoms with Gasteiger partial charge in [-0.3, -0.25) is 9.59 Å². The average molecular weight is 329 g/mol. The van der Waals surface area contributed by atoms with Crippen LogP contribution in [0.3, 0.4) is 0 Å². The molecule has 24 heavy (non-hydrogen) atoms. The number of hydrogen-bond donors (Lipinski definition) is 3. The summed E-state index contributed by atoms with van der Waals surface area (Å²) in [6.07, 6.45) is 3.25. The number of amides is 1. The van der Waals surface area contributed by atoms with Gasteiger partial charge in [-0.15, -0.1) is 0 Å². The summed E-state index contributed by atoms with van der Waals surface area (Å²) in [4.78, 5) is 26.4. The van der Waals surface area contributed by atoms with Crippen LogP contribution < -0.4 is 10.9 Å². The lowest BCUT2D eigenvalue weighted by Gasteiger charge is -2.24. The number of carboxylic acid groups (broad SMARTS) is 1. The molecule has 3 N–H and O–H groups in total. The maximum absolute atomic E-state index is 12.9. The monoisotopic (exact) mass is 329 g/mol. The number of nitrogens with one attached hydrogen (secondary N) is 2. The lowest BCUT2D eigenvalue weighted by molar-refractivity contribution is -0.149. The molecule has 1 aromatic rings. The molecule has 1 saturated carbocycles. The number of nitrogens with zero attached hydrogens (tertiary/aromatic N) is 1. The van der Waals surface area contributed by atoms with Crippen molar-refractivity contribution in [1.29, 1.82) is 0 Å². The Balaban J connectivity index is 1.43. The molecule has 2 aliphatic heterocycles. The molecule has 0 spiro atoms. The van der Waals surface area contributed by atoms with Crippen molar-refractivity contribution in [3.8, 4) is 0 Å². The van der Waals surface area contributed by atoms with Gasteiger partial charge in [0.05, 0.1) is 5.41 Å². The van der Waals surface area contributed by atoms with E-state index in [1.807, 2.05) is 30.3 Å². The molecule has 1 aliphatic carbocycles. The van der Waals surface area contributed by atoms with Gasteiger partial charge < -0.3 is 10.0 Å². The second-order valence-electron chi connectivity index (χ2n) is 7.31. The largest absolute Gasteiger partial charge is 0.481 e. The Kier molecular flexibility index (Phi) is 3.81. The van der Waals surface area contributed by atoms with Gasteiger partial charge in [0, 0.05) is 19.1 Å². The highest BCUT2D eigenvalue weighted by Gasteiger charge is 2.56. The molecule has 128 valence electrons. The van der Waals surface area contributed by atoms with Crippen molar-refractivity contribution < 1.29 is 14.7 Å². The number of likely N-dealkylation sites (tertiary alicyclic amines) is 1. The fourth-order valence-corrected chi connectivity index (χ4v) is 4.65. The molecule has 1 aromatic carbocycles. The van der Waals surface area contributed by atoms with E-state index in [0.29, 0.717) is 25.9 Å². The summed E-state index contributed by atoms with van der Waals surface area (Å²) in [5.41, 5.74) is 6.74. The fraction of sp³-hybridized carbons (Fsp3) is 0.556. The van der Waals surface area contributed by atoms with Gasteiger partial charge in [-0.2, -0.15) is 0 Å². The van der Waals surface area contributed by atoms with Crippen molar-refractivity contribution in [3.63, 3.8) is 0 Å². The van der Waals surface area contributed by atoms with E-state index in [1.54, 1.807) is 4.90 Å². The Hall–Kier alpha value is -1.92. The molecular weight excluding hydrogens is 306 g/mol. The van der Waals surface area contributed by atoms with Crippen LogP contribution in [0, 0.1) is 11.3 Å². The van der Waals surface area contributed by atoms with Crippen LogP contribution in [-0.2, 0) is 9.59 Å². The summed E-state index contributed by atoms with van der Waals surface area (Å²) in [6, 6.07) is 9.87. The molecule has 2 heterocycles. The van der Waals surface area contributed by atoms with Crippen LogP contribution in [-0.4, -0.2) is 41.0 Å². The third kappa shape index (κ3) is 2.41. The smallest absolute Gasteiger partial charge is 0.311 e. The number of carbonyl (C=O) groups is 2. The topological polar surface area (TPSA) is 81.7 Å². The highest BCUT2D eigenvalue weighted by atomic mass is 16.4. The zero-order valence-corrected chi connectivity index (χ0v) is 13.6. The molecule has 3 aliphatic rings. The Bertz CT molecular complexity index is 650. The van der Waals surface area contributed by atoms with Crippen LogP contribution in [0.15, 0.2) is 30.3 Å². The summed E-state index contributed by atoms with van der Waals surface area (Å²) in [5.74, 6) is -0.603. The van der Waals surface area contributed by atoms with Crippen LogP contribution in [0.4, 0.5) is 0 Å². The Morgan fingerprint density at radius 3 is 2.71 bits per heavy atom. The lowest BCUT2D eigenvalue weighted by Crippen LogP contribution is -2.46. The molecule has 4 rings (SSSR count). The molecule has 0 aromatic heterocycles. The zero-order valence-electron chi connectivity index (χ0n) is 13.6. The van der Waals surface area contributed by atoms with E-state index in [1.165, 1.54) is 0 Å². The van der Waals surface area contributed by atoms with Crippen molar-refractivity contribution in [2.24, 2.45) is 11.3 Å². The molecule has 0 radical (unpaired) electrons. The molecular formula is C18H23N3O3. The first kappa shape index (κ1) is 15.6. The average Bonchev–Trinajstić information content (AvgIpc) is 3.29. The molecule has 2 unspecified atom stereocenters. The Morgan fingerprint density at radius 1 is 1.21 bits per heavy atom. The maximum atomic E-state index is 12.9. The van der Waals surface area contributed by atoms with Crippen LogP contribution in [0.5, 0.6) is 0 Å². The predicted octanol–water partition coefficient (Wildman–Crippen LogP) is 1.31.